The molecule has 0 spiro atoms. The van der Waals surface area contributed by atoms with Gasteiger partial charge in [0.1, 0.15) is 5.75 Å². The normalized spacial score (nSPS) is 11.3. The van der Waals surface area contributed by atoms with E-state index in [1.807, 2.05) is 13.8 Å². The summed E-state index contributed by atoms with van der Waals surface area (Å²) in [5.74, 6) is -0.423. The van der Waals surface area contributed by atoms with E-state index in [0.29, 0.717) is 6.42 Å². The molecule has 0 bridgehead atoms. The molecule has 1 aromatic rings. The molecule has 0 heterocycles. The maximum atomic E-state index is 11.9. The second kappa shape index (κ2) is 5.51. The molecule has 1 aromatic carbocycles. The molecule has 0 atom stereocenters. The predicted molar refractivity (Wildman–Crippen MR) is 69.1 cm³/mol. The fourth-order valence-corrected chi connectivity index (χ4v) is 1.77. The van der Waals surface area contributed by atoms with Gasteiger partial charge in [0.05, 0.1) is 5.56 Å². The van der Waals surface area contributed by atoms with Crippen molar-refractivity contribution in [2.24, 2.45) is 0 Å². The zero-order chi connectivity index (χ0) is 13.1. The topological polar surface area (TPSA) is 69.6 Å². The van der Waals surface area contributed by atoms with Gasteiger partial charge in [0, 0.05) is 16.6 Å². The van der Waals surface area contributed by atoms with Crippen LogP contribution in [0.4, 0.5) is 0 Å². The molecule has 3 N–H and O–H groups in total. The first-order valence-electron chi connectivity index (χ1n) is 5.27. The molecule has 0 aliphatic heterocycles. The van der Waals surface area contributed by atoms with Crippen LogP contribution in [0.3, 0.4) is 0 Å². The standard InChI is InChI=1S/C12H16BrNO3/c1-12(2,5-6-15)14-11(17)9-7-8(13)3-4-10(9)16/h3-4,7,15-16H,5-6H2,1-2H3,(H,14,17). The average Bonchev–Trinajstić information content (AvgIpc) is 2.20. The van der Waals surface area contributed by atoms with Crippen molar-refractivity contribution in [1.29, 1.82) is 0 Å². The Morgan fingerprint density at radius 1 is 1.47 bits per heavy atom. The third-order valence-corrected chi connectivity index (χ3v) is 2.89. The Morgan fingerprint density at radius 3 is 2.71 bits per heavy atom. The van der Waals surface area contributed by atoms with Crippen LogP contribution in [0.5, 0.6) is 5.75 Å². The minimum atomic E-state index is -0.513. The van der Waals surface area contributed by atoms with Crippen molar-refractivity contribution in [2.75, 3.05) is 6.61 Å². The predicted octanol–water partition coefficient (Wildman–Crippen LogP) is 2.05. The van der Waals surface area contributed by atoms with Crippen molar-refractivity contribution in [3.8, 4) is 5.75 Å². The lowest BCUT2D eigenvalue weighted by atomic mass is 10.0. The van der Waals surface area contributed by atoms with Crippen LogP contribution < -0.4 is 5.32 Å². The van der Waals surface area contributed by atoms with Gasteiger partial charge in [0.15, 0.2) is 0 Å². The smallest absolute Gasteiger partial charge is 0.255 e. The van der Waals surface area contributed by atoms with E-state index in [-0.39, 0.29) is 23.8 Å². The van der Waals surface area contributed by atoms with Crippen molar-refractivity contribution >= 4 is 21.8 Å². The fraction of sp³-hybridized carbons (Fsp3) is 0.417. The zero-order valence-electron chi connectivity index (χ0n) is 9.83. The van der Waals surface area contributed by atoms with Gasteiger partial charge < -0.3 is 15.5 Å². The number of aromatic hydroxyl groups is 1. The molecule has 0 aliphatic rings. The highest BCUT2D eigenvalue weighted by Crippen LogP contribution is 2.22. The van der Waals surface area contributed by atoms with Crippen LogP contribution >= 0.6 is 15.9 Å². The summed E-state index contributed by atoms with van der Waals surface area (Å²) in [4.78, 5) is 11.9. The third kappa shape index (κ3) is 4.02. The van der Waals surface area contributed by atoms with Gasteiger partial charge in [-0.3, -0.25) is 4.79 Å². The lowest BCUT2D eigenvalue weighted by Gasteiger charge is -2.25. The molecule has 17 heavy (non-hydrogen) atoms. The van der Waals surface area contributed by atoms with Crippen LogP contribution in [0.25, 0.3) is 0 Å². The van der Waals surface area contributed by atoms with Crippen LogP contribution in [0.2, 0.25) is 0 Å². The van der Waals surface area contributed by atoms with Gasteiger partial charge in [0.25, 0.3) is 5.91 Å². The van der Waals surface area contributed by atoms with Gasteiger partial charge in [-0.2, -0.15) is 0 Å². The summed E-state index contributed by atoms with van der Waals surface area (Å²) < 4.78 is 0.723. The SMILES string of the molecule is CC(C)(CCO)NC(=O)c1cc(Br)ccc1O. The van der Waals surface area contributed by atoms with Gasteiger partial charge in [-0.25, -0.2) is 0 Å². The first-order valence-corrected chi connectivity index (χ1v) is 6.07. The number of rotatable bonds is 4. The van der Waals surface area contributed by atoms with E-state index in [2.05, 4.69) is 21.2 Å². The molecule has 0 saturated carbocycles. The highest BCUT2D eigenvalue weighted by Gasteiger charge is 2.22. The van der Waals surface area contributed by atoms with E-state index in [4.69, 9.17) is 5.11 Å². The minimum Gasteiger partial charge on any atom is -0.507 e. The van der Waals surface area contributed by atoms with Crippen molar-refractivity contribution < 1.29 is 15.0 Å². The maximum Gasteiger partial charge on any atom is 0.255 e. The average molecular weight is 302 g/mol. The molecule has 94 valence electrons. The van der Waals surface area contributed by atoms with Crippen molar-refractivity contribution in [1.82, 2.24) is 5.32 Å². The van der Waals surface area contributed by atoms with Crippen LogP contribution in [0.15, 0.2) is 22.7 Å². The van der Waals surface area contributed by atoms with Gasteiger partial charge >= 0.3 is 0 Å². The Hall–Kier alpha value is -1.07. The van der Waals surface area contributed by atoms with Gasteiger partial charge in [-0.05, 0) is 38.5 Å². The molecular weight excluding hydrogens is 286 g/mol. The van der Waals surface area contributed by atoms with E-state index in [1.165, 1.54) is 6.07 Å². The number of aliphatic hydroxyl groups excluding tert-OH is 1. The monoisotopic (exact) mass is 301 g/mol. The van der Waals surface area contributed by atoms with E-state index in [9.17, 15) is 9.90 Å². The lowest BCUT2D eigenvalue weighted by molar-refractivity contribution is 0.0897. The fourth-order valence-electron chi connectivity index (χ4n) is 1.41. The summed E-state index contributed by atoms with van der Waals surface area (Å²) in [6, 6.07) is 4.67. The van der Waals surface area contributed by atoms with Gasteiger partial charge in [-0.15, -0.1) is 0 Å². The van der Waals surface area contributed by atoms with Crippen LogP contribution in [-0.4, -0.2) is 28.3 Å². The first-order chi connectivity index (χ1) is 7.85. The largest absolute Gasteiger partial charge is 0.507 e. The first kappa shape index (κ1) is 14.0. The van der Waals surface area contributed by atoms with Crippen molar-refractivity contribution in [3.05, 3.63) is 28.2 Å². The quantitative estimate of drug-likeness (QED) is 0.797. The molecule has 1 rings (SSSR count). The Bertz CT molecular complexity index is 418. The second-order valence-corrected chi connectivity index (χ2v) is 5.39. The molecular formula is C12H16BrNO3. The second-order valence-electron chi connectivity index (χ2n) is 4.47. The van der Waals surface area contributed by atoms with E-state index < -0.39 is 5.54 Å². The lowest BCUT2D eigenvalue weighted by Crippen LogP contribution is -2.44. The summed E-state index contributed by atoms with van der Waals surface area (Å²) in [6.07, 6.45) is 0.452. The number of hydrogen-bond donors (Lipinski definition) is 3. The molecule has 0 unspecified atom stereocenters. The molecule has 1 amide bonds. The van der Waals surface area contributed by atoms with E-state index >= 15 is 0 Å². The third-order valence-electron chi connectivity index (χ3n) is 2.39. The van der Waals surface area contributed by atoms with Crippen LogP contribution in [-0.2, 0) is 0 Å². The Balaban J connectivity index is 2.86. The number of halogens is 1. The Morgan fingerprint density at radius 2 is 2.12 bits per heavy atom. The van der Waals surface area contributed by atoms with Crippen LogP contribution in [0, 0.1) is 0 Å². The highest BCUT2D eigenvalue weighted by molar-refractivity contribution is 9.10. The minimum absolute atomic E-state index is 0.00224. The molecule has 0 aromatic heterocycles. The number of carbonyl (C=O) groups is 1. The number of phenols is 1. The Labute approximate surface area is 109 Å². The summed E-state index contributed by atoms with van der Waals surface area (Å²) in [7, 11) is 0. The maximum absolute atomic E-state index is 11.9. The molecule has 0 aliphatic carbocycles. The summed E-state index contributed by atoms with van der Waals surface area (Å²) >= 11 is 3.24. The summed E-state index contributed by atoms with van der Waals surface area (Å²) in [5, 5.41) is 21.2. The van der Waals surface area contributed by atoms with E-state index in [1.54, 1.807) is 12.1 Å². The number of phenolic OH excluding ortho intramolecular Hbond substituents is 1. The molecule has 0 radical (unpaired) electrons. The number of hydrogen-bond acceptors (Lipinski definition) is 3. The number of nitrogens with one attached hydrogen (secondary N) is 1. The van der Waals surface area contributed by atoms with E-state index in [0.717, 1.165) is 4.47 Å². The number of benzene rings is 1. The van der Waals surface area contributed by atoms with Crippen LogP contribution in [0.1, 0.15) is 30.6 Å². The van der Waals surface area contributed by atoms with Gasteiger partial charge in [0.2, 0.25) is 0 Å². The molecule has 4 nitrogen and oxygen atoms in total. The zero-order valence-corrected chi connectivity index (χ0v) is 11.4. The number of aliphatic hydroxyl groups is 1. The molecule has 0 saturated heterocycles. The molecule has 0 fully saturated rings. The summed E-state index contributed by atoms with van der Waals surface area (Å²) in [5.41, 5.74) is -0.300. The summed E-state index contributed by atoms with van der Waals surface area (Å²) in [6.45, 7) is 3.63. The number of carbonyl (C=O) groups excluding carboxylic acids is 1. The number of amides is 1. The van der Waals surface area contributed by atoms with Gasteiger partial charge in [-0.1, -0.05) is 15.9 Å². The highest BCUT2D eigenvalue weighted by atomic mass is 79.9. The van der Waals surface area contributed by atoms with Crippen molar-refractivity contribution in [3.63, 3.8) is 0 Å². The van der Waals surface area contributed by atoms with Crippen molar-refractivity contribution in [2.45, 2.75) is 25.8 Å². The Kier molecular flexibility index (Phi) is 4.54. The molecule has 5 heteroatoms.